The van der Waals surface area contributed by atoms with Crippen molar-refractivity contribution in [2.75, 3.05) is 26.2 Å². The summed E-state index contributed by atoms with van der Waals surface area (Å²) in [6, 6.07) is 0. The van der Waals surface area contributed by atoms with E-state index in [0.717, 1.165) is 19.6 Å². The Morgan fingerprint density at radius 1 is 0.938 bits per heavy atom. The van der Waals surface area contributed by atoms with Gasteiger partial charge in [0.05, 0.1) is 12.7 Å². The minimum atomic E-state index is -1.25. The summed E-state index contributed by atoms with van der Waals surface area (Å²) in [5.74, 6) is 0. The van der Waals surface area contributed by atoms with Gasteiger partial charge in [0.25, 0.3) is 0 Å². The topological polar surface area (TPSA) is 84.2 Å². The van der Waals surface area contributed by atoms with Gasteiger partial charge in [-0.3, -0.25) is 0 Å². The minimum Gasteiger partial charge on any atom is -0.394 e. The first-order chi connectivity index (χ1) is 7.65. The molecule has 0 bridgehead atoms. The molecule has 1 rings (SSSR count). The molecule has 0 saturated carbocycles. The van der Waals surface area contributed by atoms with Gasteiger partial charge in [-0.05, 0) is 32.4 Å². The highest BCUT2D eigenvalue weighted by molar-refractivity contribution is 4.76. The summed E-state index contributed by atoms with van der Waals surface area (Å²) in [6.07, 6.45) is 0.606. The van der Waals surface area contributed by atoms with E-state index >= 15 is 0 Å². The normalized spacial score (nSPS) is 24.0. The molecule has 0 spiro atoms. The smallest absolute Gasteiger partial charge is 0.108 e. The lowest BCUT2D eigenvalue weighted by molar-refractivity contribution is -0.0801. The van der Waals surface area contributed by atoms with Crippen LogP contribution in [-0.4, -0.2) is 69.9 Å². The fraction of sp³-hybridized carbons (Fsp3) is 1.00. The number of rotatable bonds is 6. The summed E-state index contributed by atoms with van der Waals surface area (Å²) in [6.45, 7) is 2.30. The molecule has 0 radical (unpaired) electrons. The van der Waals surface area contributed by atoms with Crippen LogP contribution in [0.2, 0.25) is 0 Å². The maximum Gasteiger partial charge on any atom is 0.108 e. The molecule has 0 unspecified atom stereocenters. The van der Waals surface area contributed by atoms with Crippen LogP contribution >= 0.6 is 0 Å². The van der Waals surface area contributed by atoms with Crippen molar-refractivity contribution in [1.29, 1.82) is 0 Å². The lowest BCUT2D eigenvalue weighted by Crippen LogP contribution is -2.42. The Balaban J connectivity index is 2.20. The maximum absolute atomic E-state index is 9.60. The van der Waals surface area contributed by atoms with Gasteiger partial charge in [0.1, 0.15) is 12.2 Å². The van der Waals surface area contributed by atoms with Crippen LogP contribution in [0.25, 0.3) is 0 Å². The van der Waals surface area contributed by atoms with Crippen LogP contribution in [0.4, 0.5) is 0 Å². The second-order valence-electron chi connectivity index (χ2n) is 4.50. The van der Waals surface area contributed by atoms with Crippen molar-refractivity contribution in [2.45, 2.75) is 44.0 Å². The SMILES string of the molecule is OC[C@@H](O)[C@H](O)[C@H](O)CCN1CCCCC1. The van der Waals surface area contributed by atoms with Crippen molar-refractivity contribution in [3.05, 3.63) is 0 Å². The lowest BCUT2D eigenvalue weighted by atomic mass is 10.0. The third-order valence-corrected chi connectivity index (χ3v) is 3.17. The molecule has 0 amide bonds. The first kappa shape index (κ1) is 13.9. The highest BCUT2D eigenvalue weighted by Gasteiger charge is 2.24. The number of likely N-dealkylation sites (tertiary alicyclic amines) is 1. The highest BCUT2D eigenvalue weighted by Crippen LogP contribution is 2.11. The molecule has 0 aromatic heterocycles. The summed E-state index contributed by atoms with van der Waals surface area (Å²) in [5, 5.41) is 36.8. The third-order valence-electron chi connectivity index (χ3n) is 3.17. The van der Waals surface area contributed by atoms with Crippen LogP contribution < -0.4 is 0 Å². The van der Waals surface area contributed by atoms with Gasteiger partial charge in [-0.25, -0.2) is 0 Å². The van der Waals surface area contributed by atoms with E-state index in [-0.39, 0.29) is 0 Å². The van der Waals surface area contributed by atoms with Crippen LogP contribution in [-0.2, 0) is 0 Å². The maximum atomic E-state index is 9.60. The fourth-order valence-corrected chi connectivity index (χ4v) is 2.03. The molecule has 0 aliphatic carbocycles. The number of nitrogens with zero attached hydrogens (tertiary/aromatic N) is 1. The molecule has 5 heteroatoms. The van der Waals surface area contributed by atoms with E-state index in [9.17, 15) is 10.2 Å². The van der Waals surface area contributed by atoms with Crippen LogP contribution in [0.15, 0.2) is 0 Å². The van der Waals surface area contributed by atoms with E-state index in [0.29, 0.717) is 6.42 Å². The van der Waals surface area contributed by atoms with Crippen molar-refractivity contribution in [1.82, 2.24) is 4.90 Å². The van der Waals surface area contributed by atoms with Gasteiger partial charge in [0, 0.05) is 6.54 Å². The predicted octanol–water partition coefficient (Wildman–Crippen LogP) is -1.06. The highest BCUT2D eigenvalue weighted by atomic mass is 16.4. The molecule has 0 aromatic rings. The second-order valence-corrected chi connectivity index (χ2v) is 4.50. The molecular weight excluding hydrogens is 210 g/mol. The van der Waals surface area contributed by atoms with Crippen LogP contribution in [0.1, 0.15) is 25.7 Å². The zero-order valence-corrected chi connectivity index (χ0v) is 9.62. The van der Waals surface area contributed by atoms with Crippen LogP contribution in [0.5, 0.6) is 0 Å². The summed E-state index contributed by atoms with van der Waals surface area (Å²) in [4.78, 5) is 2.25. The van der Waals surface area contributed by atoms with Gasteiger partial charge in [0.15, 0.2) is 0 Å². The van der Waals surface area contributed by atoms with Gasteiger partial charge >= 0.3 is 0 Å². The summed E-state index contributed by atoms with van der Waals surface area (Å²) in [7, 11) is 0. The average Bonchev–Trinajstić information content (AvgIpc) is 2.35. The minimum absolute atomic E-state index is 0.429. The molecule has 0 aromatic carbocycles. The zero-order chi connectivity index (χ0) is 12.0. The number of hydrogen-bond donors (Lipinski definition) is 4. The van der Waals surface area contributed by atoms with Crippen molar-refractivity contribution in [3.8, 4) is 0 Å². The Morgan fingerprint density at radius 3 is 2.12 bits per heavy atom. The van der Waals surface area contributed by atoms with E-state index in [1.807, 2.05) is 0 Å². The molecular formula is C11H23NO4. The van der Waals surface area contributed by atoms with E-state index in [1.54, 1.807) is 0 Å². The monoisotopic (exact) mass is 233 g/mol. The van der Waals surface area contributed by atoms with Crippen molar-refractivity contribution < 1.29 is 20.4 Å². The summed E-state index contributed by atoms with van der Waals surface area (Å²) < 4.78 is 0. The lowest BCUT2D eigenvalue weighted by Gasteiger charge is -2.28. The van der Waals surface area contributed by atoms with Crippen LogP contribution in [0.3, 0.4) is 0 Å². The Bertz CT molecular complexity index is 185. The van der Waals surface area contributed by atoms with E-state index in [4.69, 9.17) is 10.2 Å². The van der Waals surface area contributed by atoms with E-state index in [2.05, 4.69) is 4.90 Å². The quantitative estimate of drug-likeness (QED) is 0.470. The Morgan fingerprint density at radius 2 is 1.56 bits per heavy atom. The van der Waals surface area contributed by atoms with E-state index in [1.165, 1.54) is 19.3 Å². The largest absolute Gasteiger partial charge is 0.394 e. The molecule has 1 aliphatic rings. The van der Waals surface area contributed by atoms with Crippen LogP contribution in [0, 0.1) is 0 Å². The summed E-state index contributed by atoms with van der Waals surface area (Å²) in [5.41, 5.74) is 0. The van der Waals surface area contributed by atoms with Gasteiger partial charge in [-0.15, -0.1) is 0 Å². The van der Waals surface area contributed by atoms with Gasteiger partial charge in [0.2, 0.25) is 0 Å². The Hall–Kier alpha value is -0.200. The third kappa shape index (κ3) is 4.35. The first-order valence-electron chi connectivity index (χ1n) is 6.02. The molecule has 3 atom stereocenters. The van der Waals surface area contributed by atoms with Gasteiger partial charge < -0.3 is 25.3 Å². The van der Waals surface area contributed by atoms with E-state index < -0.39 is 24.9 Å². The molecule has 1 saturated heterocycles. The number of aliphatic hydroxyl groups excluding tert-OH is 4. The van der Waals surface area contributed by atoms with Crippen molar-refractivity contribution >= 4 is 0 Å². The zero-order valence-electron chi connectivity index (χ0n) is 9.62. The molecule has 1 fully saturated rings. The molecule has 96 valence electrons. The molecule has 1 aliphatic heterocycles. The predicted molar refractivity (Wildman–Crippen MR) is 60.0 cm³/mol. The Labute approximate surface area is 96.3 Å². The first-order valence-corrected chi connectivity index (χ1v) is 6.02. The molecule has 4 N–H and O–H groups in total. The standard InChI is InChI=1S/C11H23NO4/c13-8-10(15)11(16)9(14)4-7-12-5-2-1-3-6-12/h9-11,13-16H,1-8H2/t9-,10-,11-/m1/s1. The Kier molecular flexibility index (Phi) is 6.23. The number of aliphatic hydroxyl groups is 4. The summed E-state index contributed by atoms with van der Waals surface area (Å²) >= 11 is 0. The molecule has 16 heavy (non-hydrogen) atoms. The van der Waals surface area contributed by atoms with Gasteiger partial charge in [-0.2, -0.15) is 0 Å². The van der Waals surface area contributed by atoms with Crippen molar-refractivity contribution in [2.24, 2.45) is 0 Å². The molecule has 1 heterocycles. The molecule has 5 nitrogen and oxygen atoms in total. The van der Waals surface area contributed by atoms with Gasteiger partial charge in [-0.1, -0.05) is 6.42 Å². The van der Waals surface area contributed by atoms with Crippen molar-refractivity contribution in [3.63, 3.8) is 0 Å². The number of piperidine rings is 1. The number of hydrogen-bond acceptors (Lipinski definition) is 5. The fourth-order valence-electron chi connectivity index (χ4n) is 2.03. The average molecular weight is 233 g/mol. The second kappa shape index (κ2) is 7.19.